The van der Waals surface area contributed by atoms with Crippen molar-refractivity contribution in [1.29, 1.82) is 0 Å². The number of alkyl halides is 2. The van der Waals surface area contributed by atoms with Crippen LogP contribution in [0.1, 0.15) is 24.8 Å². The third kappa shape index (κ3) is 4.26. The van der Waals surface area contributed by atoms with Crippen LogP contribution < -0.4 is 4.31 Å². The fraction of sp³-hybridized carbons (Fsp3) is 0.250. The molecule has 31 heavy (non-hydrogen) atoms. The van der Waals surface area contributed by atoms with E-state index in [0.29, 0.717) is 23.4 Å². The minimum Gasteiger partial charge on any atom is -0.415 e. The lowest BCUT2D eigenvalue weighted by molar-refractivity contribution is 0.116. The third-order valence-electron chi connectivity index (χ3n) is 4.77. The number of halogens is 2. The second-order valence-electron chi connectivity index (χ2n) is 6.92. The number of anilines is 1. The number of sulfonamides is 1. The average molecular weight is 447 g/mol. The Bertz CT molecular complexity index is 1320. The SMILES string of the molecule is CCn1ncc2ccc(N(Cc3ccc(-c4nnc(C(F)F)o4)cc3)S(C)(=O)=O)cc21. The van der Waals surface area contributed by atoms with E-state index in [4.69, 9.17) is 4.42 Å². The van der Waals surface area contributed by atoms with Gasteiger partial charge >= 0.3 is 6.43 Å². The fourth-order valence-corrected chi connectivity index (χ4v) is 4.10. The first-order chi connectivity index (χ1) is 14.8. The van der Waals surface area contributed by atoms with Gasteiger partial charge in [-0.25, -0.2) is 8.42 Å². The molecule has 11 heteroatoms. The topological polar surface area (TPSA) is 94.1 Å². The van der Waals surface area contributed by atoms with Crippen LogP contribution in [0.2, 0.25) is 0 Å². The number of hydrogen-bond donors (Lipinski definition) is 0. The Morgan fingerprint density at radius 2 is 1.87 bits per heavy atom. The van der Waals surface area contributed by atoms with E-state index >= 15 is 0 Å². The lowest BCUT2D eigenvalue weighted by atomic mass is 10.1. The first-order valence-electron chi connectivity index (χ1n) is 9.40. The van der Waals surface area contributed by atoms with Gasteiger partial charge in [0.25, 0.3) is 5.89 Å². The van der Waals surface area contributed by atoms with E-state index in [1.54, 1.807) is 47.3 Å². The second-order valence-corrected chi connectivity index (χ2v) is 8.82. The molecule has 0 aliphatic carbocycles. The minimum atomic E-state index is -3.58. The molecule has 0 radical (unpaired) electrons. The Morgan fingerprint density at radius 3 is 2.48 bits per heavy atom. The number of fused-ring (bicyclic) bond motifs is 1. The fourth-order valence-electron chi connectivity index (χ4n) is 3.22. The lowest BCUT2D eigenvalue weighted by Crippen LogP contribution is -2.29. The van der Waals surface area contributed by atoms with Crippen LogP contribution in [0.25, 0.3) is 22.4 Å². The highest BCUT2D eigenvalue weighted by atomic mass is 32.2. The molecule has 0 bridgehead atoms. The Hall–Kier alpha value is -3.34. The van der Waals surface area contributed by atoms with Gasteiger partial charge in [0.2, 0.25) is 15.9 Å². The van der Waals surface area contributed by atoms with Crippen molar-refractivity contribution in [2.75, 3.05) is 10.6 Å². The smallest absolute Gasteiger partial charge is 0.314 e. The highest BCUT2D eigenvalue weighted by molar-refractivity contribution is 7.92. The zero-order valence-corrected chi connectivity index (χ0v) is 17.6. The maximum absolute atomic E-state index is 12.6. The molecule has 2 aromatic heterocycles. The van der Waals surface area contributed by atoms with Gasteiger partial charge < -0.3 is 4.42 Å². The van der Waals surface area contributed by atoms with Gasteiger partial charge in [0.05, 0.1) is 30.2 Å². The number of benzene rings is 2. The highest BCUT2D eigenvalue weighted by Gasteiger charge is 2.20. The van der Waals surface area contributed by atoms with E-state index in [1.165, 1.54) is 4.31 Å². The molecule has 0 unspecified atom stereocenters. The minimum absolute atomic E-state index is 0.0277. The molecule has 0 saturated heterocycles. The molecule has 0 spiro atoms. The number of hydrogen-bond acceptors (Lipinski definition) is 6. The van der Waals surface area contributed by atoms with Gasteiger partial charge in [-0.2, -0.15) is 13.9 Å². The van der Waals surface area contributed by atoms with Crippen molar-refractivity contribution < 1.29 is 21.6 Å². The van der Waals surface area contributed by atoms with Gasteiger partial charge in [0, 0.05) is 17.5 Å². The normalized spacial score (nSPS) is 12.0. The molecule has 162 valence electrons. The summed E-state index contributed by atoms with van der Waals surface area (Å²) in [6.45, 7) is 2.72. The summed E-state index contributed by atoms with van der Waals surface area (Å²) in [5.74, 6) is -0.774. The Kier molecular flexibility index (Phi) is 5.44. The van der Waals surface area contributed by atoms with Crippen molar-refractivity contribution in [1.82, 2.24) is 20.0 Å². The predicted octanol–water partition coefficient (Wildman–Crippen LogP) is 4.01. The van der Waals surface area contributed by atoms with Gasteiger partial charge in [-0.1, -0.05) is 12.1 Å². The molecule has 2 heterocycles. The molecule has 0 aliphatic rings. The summed E-state index contributed by atoms with van der Waals surface area (Å²) >= 11 is 0. The van der Waals surface area contributed by atoms with Crippen molar-refractivity contribution in [3.8, 4) is 11.5 Å². The van der Waals surface area contributed by atoms with Crippen molar-refractivity contribution in [3.05, 3.63) is 60.1 Å². The number of nitrogens with zero attached hydrogens (tertiary/aromatic N) is 5. The molecule has 0 amide bonds. The molecule has 0 aliphatic heterocycles. The molecule has 0 N–H and O–H groups in total. The summed E-state index contributed by atoms with van der Waals surface area (Å²) in [6, 6.07) is 12.0. The van der Waals surface area contributed by atoms with Crippen LogP contribution in [0.3, 0.4) is 0 Å². The summed E-state index contributed by atoms with van der Waals surface area (Å²) in [6.07, 6.45) is 0.0426. The molecule has 4 aromatic rings. The van der Waals surface area contributed by atoms with E-state index < -0.39 is 22.3 Å². The van der Waals surface area contributed by atoms with Gasteiger partial charge in [-0.05, 0) is 42.8 Å². The van der Waals surface area contributed by atoms with E-state index in [1.807, 2.05) is 13.0 Å². The molecular weight excluding hydrogens is 428 g/mol. The van der Waals surface area contributed by atoms with Gasteiger partial charge in [-0.15, -0.1) is 10.2 Å². The molecule has 2 aromatic carbocycles. The van der Waals surface area contributed by atoms with Crippen LogP contribution >= 0.6 is 0 Å². The monoisotopic (exact) mass is 447 g/mol. The van der Waals surface area contributed by atoms with Crippen LogP contribution in [0.4, 0.5) is 14.5 Å². The summed E-state index contributed by atoms with van der Waals surface area (Å²) in [5.41, 5.74) is 2.53. The van der Waals surface area contributed by atoms with Crippen LogP contribution in [0.5, 0.6) is 0 Å². The Balaban J connectivity index is 1.63. The summed E-state index contributed by atoms with van der Waals surface area (Å²) < 4.78 is 58.4. The quantitative estimate of drug-likeness (QED) is 0.425. The summed E-state index contributed by atoms with van der Waals surface area (Å²) in [5, 5.41) is 12.1. The molecule has 8 nitrogen and oxygen atoms in total. The highest BCUT2D eigenvalue weighted by Crippen LogP contribution is 2.27. The third-order valence-corrected chi connectivity index (χ3v) is 5.91. The van der Waals surface area contributed by atoms with E-state index in [0.717, 1.165) is 17.2 Å². The zero-order chi connectivity index (χ0) is 22.2. The second kappa shape index (κ2) is 8.06. The summed E-state index contributed by atoms with van der Waals surface area (Å²) in [4.78, 5) is 0. The van der Waals surface area contributed by atoms with Crippen LogP contribution in [-0.4, -0.2) is 34.7 Å². The lowest BCUT2D eigenvalue weighted by Gasteiger charge is -2.23. The molecular formula is C20H19F2N5O3S. The van der Waals surface area contributed by atoms with Crippen LogP contribution in [0, 0.1) is 0 Å². The van der Waals surface area contributed by atoms with Crippen molar-refractivity contribution in [2.45, 2.75) is 26.4 Å². The molecule has 0 atom stereocenters. The van der Waals surface area contributed by atoms with Crippen molar-refractivity contribution in [3.63, 3.8) is 0 Å². The van der Waals surface area contributed by atoms with Crippen molar-refractivity contribution >= 4 is 26.6 Å². The van der Waals surface area contributed by atoms with Crippen LogP contribution in [-0.2, 0) is 23.1 Å². The van der Waals surface area contributed by atoms with E-state index in [-0.39, 0.29) is 12.4 Å². The zero-order valence-electron chi connectivity index (χ0n) is 16.7. The summed E-state index contributed by atoms with van der Waals surface area (Å²) in [7, 11) is -3.58. The number of aryl methyl sites for hydroxylation is 1. The first kappa shape index (κ1) is 20.9. The Labute approximate surface area is 177 Å². The molecule has 4 rings (SSSR count). The van der Waals surface area contributed by atoms with Gasteiger partial charge in [-0.3, -0.25) is 8.99 Å². The Morgan fingerprint density at radius 1 is 1.13 bits per heavy atom. The predicted molar refractivity (Wildman–Crippen MR) is 111 cm³/mol. The maximum Gasteiger partial charge on any atom is 0.314 e. The number of rotatable bonds is 7. The van der Waals surface area contributed by atoms with E-state index in [2.05, 4.69) is 15.3 Å². The van der Waals surface area contributed by atoms with E-state index in [9.17, 15) is 17.2 Å². The average Bonchev–Trinajstić information content (AvgIpc) is 3.38. The number of aromatic nitrogens is 4. The van der Waals surface area contributed by atoms with Crippen molar-refractivity contribution in [2.24, 2.45) is 0 Å². The van der Waals surface area contributed by atoms with Crippen LogP contribution in [0.15, 0.2) is 53.1 Å². The molecule has 0 saturated carbocycles. The van der Waals surface area contributed by atoms with Gasteiger partial charge in [0.1, 0.15) is 0 Å². The first-order valence-corrected chi connectivity index (χ1v) is 11.2. The molecule has 0 fully saturated rings. The largest absolute Gasteiger partial charge is 0.415 e. The maximum atomic E-state index is 12.6. The standard InChI is InChI=1S/C20H19F2N5O3S/c1-3-26-17-10-16(9-8-15(17)11-23-26)27(31(2,28)29)12-13-4-6-14(7-5-13)19-24-25-20(30-19)18(21)22/h4-11,18H,3,12H2,1-2H3. The van der Waals surface area contributed by atoms with Gasteiger partial charge in [0.15, 0.2) is 0 Å².